The van der Waals surface area contributed by atoms with Crippen molar-refractivity contribution in [3.8, 4) is 0 Å². The highest BCUT2D eigenvalue weighted by Gasteiger charge is 2.12. The molecular formula is C12H10O8. The molecule has 2 rings (SSSR count). The molecule has 0 bridgehead atoms. The van der Waals surface area contributed by atoms with Crippen LogP contribution < -0.4 is 0 Å². The van der Waals surface area contributed by atoms with Crippen LogP contribution in [0.2, 0.25) is 0 Å². The second-order valence-corrected chi connectivity index (χ2v) is 3.37. The van der Waals surface area contributed by atoms with Gasteiger partial charge in [0, 0.05) is 5.56 Å². The van der Waals surface area contributed by atoms with Gasteiger partial charge < -0.3 is 24.2 Å². The van der Waals surface area contributed by atoms with E-state index in [1.54, 1.807) is 0 Å². The van der Waals surface area contributed by atoms with E-state index in [2.05, 4.69) is 8.83 Å². The number of carboxylic acids is 2. The van der Waals surface area contributed by atoms with Crippen molar-refractivity contribution in [2.24, 2.45) is 0 Å². The van der Waals surface area contributed by atoms with Gasteiger partial charge in [0.1, 0.15) is 0 Å². The smallest absolute Gasteiger partial charge is 0.372 e. The molecule has 8 heteroatoms. The highest BCUT2D eigenvalue weighted by molar-refractivity contribution is 5.94. The van der Waals surface area contributed by atoms with Gasteiger partial charge in [-0.25, -0.2) is 9.59 Å². The summed E-state index contributed by atoms with van der Waals surface area (Å²) in [6, 6.07) is 2.72. The number of aliphatic hydroxyl groups is 1. The normalized spacial score (nSPS) is 9.45. The minimum Gasteiger partial charge on any atom is -0.475 e. The molecule has 0 unspecified atom stereocenters. The molecule has 0 fully saturated rings. The van der Waals surface area contributed by atoms with Crippen molar-refractivity contribution < 1.29 is 38.5 Å². The molecule has 0 radical (unpaired) electrons. The van der Waals surface area contributed by atoms with Gasteiger partial charge in [-0.2, -0.15) is 0 Å². The van der Waals surface area contributed by atoms with Crippen molar-refractivity contribution in [2.45, 2.75) is 6.61 Å². The Kier molecular flexibility index (Phi) is 5.24. The van der Waals surface area contributed by atoms with Crippen molar-refractivity contribution >= 4 is 18.2 Å². The Balaban J connectivity index is 0.000000200. The van der Waals surface area contributed by atoms with Crippen LogP contribution in [0.5, 0.6) is 0 Å². The zero-order valence-corrected chi connectivity index (χ0v) is 9.98. The molecule has 2 heterocycles. The average Bonchev–Trinajstić information content (AvgIpc) is 3.07. The molecule has 0 aliphatic heterocycles. The second-order valence-electron chi connectivity index (χ2n) is 3.37. The number of rotatable bonds is 4. The largest absolute Gasteiger partial charge is 0.475 e. The molecule has 0 spiro atoms. The number of carbonyl (C=O) groups excluding carboxylic acids is 1. The summed E-state index contributed by atoms with van der Waals surface area (Å²) in [5.74, 6) is -2.89. The number of carboxylic acid groups (broad SMARTS) is 2. The molecule has 0 atom stereocenters. The maximum atomic E-state index is 10.2. The van der Waals surface area contributed by atoms with E-state index in [1.807, 2.05) is 0 Å². The van der Waals surface area contributed by atoms with Crippen molar-refractivity contribution in [3.05, 3.63) is 47.3 Å². The fraction of sp³-hybridized carbons (Fsp3) is 0.0833. The Morgan fingerprint density at radius 1 is 1.05 bits per heavy atom. The van der Waals surface area contributed by atoms with E-state index in [-0.39, 0.29) is 23.7 Å². The Morgan fingerprint density at radius 2 is 1.60 bits per heavy atom. The summed E-state index contributed by atoms with van der Waals surface area (Å²) in [6.45, 7) is -0.307. The van der Waals surface area contributed by atoms with Crippen LogP contribution in [0.4, 0.5) is 0 Å². The van der Waals surface area contributed by atoms with Crippen molar-refractivity contribution in [2.75, 3.05) is 0 Å². The van der Waals surface area contributed by atoms with Gasteiger partial charge in [-0.05, 0) is 12.1 Å². The van der Waals surface area contributed by atoms with Crippen LogP contribution in [0.25, 0.3) is 0 Å². The lowest BCUT2D eigenvalue weighted by molar-refractivity contribution is 0.0649. The predicted molar refractivity (Wildman–Crippen MR) is 62.6 cm³/mol. The summed E-state index contributed by atoms with van der Waals surface area (Å²) in [4.78, 5) is 30.5. The van der Waals surface area contributed by atoms with E-state index in [9.17, 15) is 14.4 Å². The Morgan fingerprint density at radius 3 is 2.00 bits per heavy atom. The lowest BCUT2D eigenvalue weighted by Crippen LogP contribution is -1.97. The third-order valence-corrected chi connectivity index (χ3v) is 2.13. The zero-order valence-electron chi connectivity index (χ0n) is 9.98. The quantitative estimate of drug-likeness (QED) is 0.712. The number of aldehydes is 1. The van der Waals surface area contributed by atoms with Crippen LogP contribution >= 0.6 is 0 Å². The topological polar surface area (TPSA) is 138 Å². The minimum atomic E-state index is -1.23. The monoisotopic (exact) mass is 282 g/mol. The molecular weight excluding hydrogens is 272 g/mol. The molecule has 106 valence electrons. The molecule has 0 saturated heterocycles. The van der Waals surface area contributed by atoms with Gasteiger partial charge in [-0.3, -0.25) is 4.79 Å². The average molecular weight is 282 g/mol. The summed E-state index contributed by atoms with van der Waals surface area (Å²) < 4.78 is 9.04. The van der Waals surface area contributed by atoms with Crippen molar-refractivity contribution in [1.82, 2.24) is 0 Å². The molecule has 8 nitrogen and oxygen atoms in total. The molecule has 3 N–H and O–H groups in total. The van der Waals surface area contributed by atoms with Crippen LogP contribution in [0.1, 0.15) is 37.0 Å². The van der Waals surface area contributed by atoms with Crippen LogP contribution in [-0.4, -0.2) is 33.5 Å². The van der Waals surface area contributed by atoms with Gasteiger partial charge in [0.25, 0.3) is 0 Å². The molecule has 0 amide bonds. The summed E-state index contributed by atoms with van der Waals surface area (Å²) >= 11 is 0. The summed E-state index contributed by atoms with van der Waals surface area (Å²) in [5.41, 5.74) is 0.361. The van der Waals surface area contributed by atoms with E-state index in [1.165, 1.54) is 18.4 Å². The number of furan rings is 2. The molecule has 0 aromatic carbocycles. The maximum Gasteiger partial charge on any atom is 0.372 e. The maximum absolute atomic E-state index is 10.2. The van der Waals surface area contributed by atoms with Crippen LogP contribution in [0, 0.1) is 0 Å². The first-order valence-electron chi connectivity index (χ1n) is 5.17. The van der Waals surface area contributed by atoms with Crippen LogP contribution in [0.3, 0.4) is 0 Å². The van der Waals surface area contributed by atoms with E-state index in [0.29, 0.717) is 11.8 Å². The number of hydrogen-bond donors (Lipinski definition) is 3. The van der Waals surface area contributed by atoms with E-state index < -0.39 is 11.9 Å². The lowest BCUT2D eigenvalue weighted by atomic mass is 10.3. The molecule has 2 aromatic rings. The molecule has 0 saturated carbocycles. The highest BCUT2D eigenvalue weighted by atomic mass is 16.4. The summed E-state index contributed by atoms with van der Waals surface area (Å²) in [6.07, 6.45) is 2.83. The van der Waals surface area contributed by atoms with E-state index in [0.717, 1.165) is 6.26 Å². The minimum absolute atomic E-state index is 0.0625. The van der Waals surface area contributed by atoms with Gasteiger partial charge in [-0.15, -0.1) is 0 Å². The van der Waals surface area contributed by atoms with Crippen LogP contribution in [-0.2, 0) is 6.61 Å². The summed E-state index contributed by atoms with van der Waals surface area (Å²) in [7, 11) is 0. The van der Waals surface area contributed by atoms with Gasteiger partial charge in [-0.1, -0.05) is 0 Å². The highest BCUT2D eigenvalue weighted by Crippen LogP contribution is 2.09. The number of hydrogen-bond acceptors (Lipinski definition) is 6. The second kappa shape index (κ2) is 6.90. The van der Waals surface area contributed by atoms with Crippen molar-refractivity contribution in [1.29, 1.82) is 0 Å². The zero-order chi connectivity index (χ0) is 15.1. The van der Waals surface area contributed by atoms with Gasteiger partial charge in [0.05, 0.1) is 24.7 Å². The molecule has 0 aliphatic carbocycles. The van der Waals surface area contributed by atoms with Crippen molar-refractivity contribution in [3.63, 3.8) is 0 Å². The standard InChI is InChI=1S/C6H6O4.C6H4O4/c2*7-3-4-1-2-10-5(4)6(8)9/h1-2,7H,3H2,(H,8,9);1-3H,(H,8,9). The Hall–Kier alpha value is -2.87. The third kappa shape index (κ3) is 3.56. The first-order valence-corrected chi connectivity index (χ1v) is 5.17. The van der Waals surface area contributed by atoms with Gasteiger partial charge in [0.2, 0.25) is 11.5 Å². The third-order valence-electron chi connectivity index (χ3n) is 2.13. The first-order chi connectivity index (χ1) is 9.51. The predicted octanol–water partition coefficient (Wildman–Crippen LogP) is 1.26. The molecule has 0 aliphatic rings. The number of aromatic carboxylic acids is 2. The fourth-order valence-corrected chi connectivity index (χ4v) is 1.23. The van der Waals surface area contributed by atoms with Gasteiger partial charge in [0.15, 0.2) is 6.29 Å². The SMILES string of the molecule is O=C(O)c1occc1CO.O=Cc1ccoc1C(=O)O. The lowest BCUT2D eigenvalue weighted by Gasteiger charge is -1.89. The van der Waals surface area contributed by atoms with E-state index >= 15 is 0 Å². The molecule has 20 heavy (non-hydrogen) atoms. The fourth-order valence-electron chi connectivity index (χ4n) is 1.23. The number of carbonyl (C=O) groups is 3. The Labute approximate surface area is 111 Å². The molecule has 2 aromatic heterocycles. The summed E-state index contributed by atoms with van der Waals surface area (Å²) in [5, 5.41) is 25.2. The van der Waals surface area contributed by atoms with E-state index in [4.69, 9.17) is 15.3 Å². The number of aliphatic hydroxyl groups excluding tert-OH is 1. The Bertz CT molecular complexity index is 607. The van der Waals surface area contributed by atoms with Gasteiger partial charge >= 0.3 is 11.9 Å². The van der Waals surface area contributed by atoms with Crippen LogP contribution in [0.15, 0.2) is 33.5 Å². The first kappa shape index (κ1) is 15.2.